The van der Waals surface area contributed by atoms with Crippen LogP contribution in [-0.2, 0) is 0 Å². The van der Waals surface area contributed by atoms with E-state index in [9.17, 15) is 0 Å². The standard InChI is InChI=1S/C16H23N5S/c1-2-7-13(8-3-1)21-16(17-18-19-21)15(14-9-6-12-22-14)20-10-4-5-11-20/h6,9,12-13,15H,1-5,7-8,10-11H2/p+1/t15-/m1/s1. The van der Waals surface area contributed by atoms with E-state index in [2.05, 4.69) is 37.7 Å². The lowest BCUT2D eigenvalue weighted by molar-refractivity contribution is -0.914. The number of likely N-dealkylation sites (tertiary alicyclic amines) is 1. The molecule has 1 N–H and O–H groups in total. The summed E-state index contributed by atoms with van der Waals surface area (Å²) >= 11 is 1.84. The molecular formula is C16H24N5S+. The predicted molar refractivity (Wildman–Crippen MR) is 86.0 cm³/mol. The molecule has 2 aliphatic rings. The van der Waals surface area contributed by atoms with E-state index in [4.69, 9.17) is 0 Å². The summed E-state index contributed by atoms with van der Waals surface area (Å²) in [7, 11) is 0. The van der Waals surface area contributed by atoms with Gasteiger partial charge >= 0.3 is 0 Å². The fourth-order valence-electron chi connectivity index (χ4n) is 4.06. The van der Waals surface area contributed by atoms with Gasteiger partial charge in [-0.25, -0.2) is 4.68 Å². The summed E-state index contributed by atoms with van der Waals surface area (Å²) in [6.45, 7) is 2.47. The normalized spacial score (nSPS) is 22.2. The molecule has 22 heavy (non-hydrogen) atoms. The lowest BCUT2D eigenvalue weighted by atomic mass is 9.95. The van der Waals surface area contributed by atoms with Gasteiger partial charge in [-0.2, -0.15) is 0 Å². The third kappa shape index (κ3) is 2.70. The molecule has 1 atom stereocenters. The number of quaternary nitrogens is 1. The average Bonchev–Trinajstić information content (AvgIpc) is 3.32. The molecule has 0 radical (unpaired) electrons. The van der Waals surface area contributed by atoms with Crippen LogP contribution < -0.4 is 4.90 Å². The van der Waals surface area contributed by atoms with Crippen LogP contribution in [-0.4, -0.2) is 33.3 Å². The van der Waals surface area contributed by atoms with Crippen LogP contribution in [0.15, 0.2) is 17.5 Å². The summed E-state index contributed by atoms with van der Waals surface area (Å²) in [5, 5.41) is 15.1. The molecule has 4 rings (SSSR count). The minimum absolute atomic E-state index is 0.319. The Labute approximate surface area is 135 Å². The van der Waals surface area contributed by atoms with Gasteiger partial charge in [0.2, 0.25) is 5.82 Å². The first-order valence-corrected chi connectivity index (χ1v) is 9.47. The number of nitrogens with zero attached hydrogens (tertiary/aromatic N) is 4. The van der Waals surface area contributed by atoms with Gasteiger partial charge in [0.1, 0.15) is 0 Å². The smallest absolute Gasteiger partial charge is 0.215 e. The lowest BCUT2D eigenvalue weighted by Crippen LogP contribution is -3.10. The van der Waals surface area contributed by atoms with Crippen molar-refractivity contribution < 1.29 is 4.90 Å². The highest BCUT2D eigenvalue weighted by atomic mass is 32.1. The van der Waals surface area contributed by atoms with Gasteiger partial charge in [0, 0.05) is 12.8 Å². The molecule has 1 saturated heterocycles. The van der Waals surface area contributed by atoms with Gasteiger partial charge < -0.3 is 4.90 Å². The average molecular weight is 318 g/mol. The van der Waals surface area contributed by atoms with Crippen molar-refractivity contribution in [3.8, 4) is 0 Å². The van der Waals surface area contributed by atoms with Crippen molar-refractivity contribution in [1.82, 2.24) is 20.2 Å². The summed E-state index contributed by atoms with van der Waals surface area (Å²) in [6.07, 6.45) is 9.08. The van der Waals surface area contributed by atoms with Gasteiger partial charge in [0.05, 0.1) is 24.0 Å². The maximum atomic E-state index is 4.48. The van der Waals surface area contributed by atoms with E-state index >= 15 is 0 Å². The van der Waals surface area contributed by atoms with Crippen molar-refractivity contribution >= 4 is 11.3 Å². The monoisotopic (exact) mass is 318 g/mol. The van der Waals surface area contributed by atoms with Gasteiger partial charge in [-0.1, -0.05) is 25.3 Å². The van der Waals surface area contributed by atoms with Crippen LogP contribution in [0.5, 0.6) is 0 Å². The van der Waals surface area contributed by atoms with E-state index in [0.29, 0.717) is 12.1 Å². The van der Waals surface area contributed by atoms with Crippen molar-refractivity contribution in [2.45, 2.75) is 57.0 Å². The first-order valence-electron chi connectivity index (χ1n) is 8.59. The number of nitrogens with one attached hydrogen (secondary N) is 1. The second kappa shape index (κ2) is 6.46. The maximum absolute atomic E-state index is 4.48. The van der Waals surface area contributed by atoms with Crippen LogP contribution >= 0.6 is 11.3 Å². The largest absolute Gasteiger partial charge is 0.322 e. The Hall–Kier alpha value is -1.27. The summed E-state index contributed by atoms with van der Waals surface area (Å²) in [4.78, 5) is 3.04. The molecule has 1 saturated carbocycles. The Morgan fingerprint density at radius 1 is 1.14 bits per heavy atom. The molecule has 0 bridgehead atoms. The Morgan fingerprint density at radius 2 is 1.95 bits per heavy atom. The van der Waals surface area contributed by atoms with Gasteiger partial charge in [-0.3, -0.25) is 0 Å². The fourth-order valence-corrected chi connectivity index (χ4v) is 4.94. The number of rotatable bonds is 4. The minimum Gasteiger partial charge on any atom is -0.322 e. The van der Waals surface area contributed by atoms with Gasteiger partial charge in [-0.05, 0) is 34.7 Å². The molecule has 0 spiro atoms. The van der Waals surface area contributed by atoms with Crippen molar-refractivity contribution in [3.63, 3.8) is 0 Å². The van der Waals surface area contributed by atoms with Gasteiger partial charge in [-0.15, -0.1) is 16.4 Å². The third-order valence-electron chi connectivity index (χ3n) is 5.18. The fraction of sp³-hybridized carbons (Fsp3) is 0.688. The molecule has 118 valence electrons. The molecule has 2 fully saturated rings. The van der Waals surface area contributed by atoms with Crippen LogP contribution in [0.1, 0.15) is 67.7 Å². The first kappa shape index (κ1) is 14.3. The zero-order chi connectivity index (χ0) is 14.8. The highest BCUT2D eigenvalue weighted by Gasteiger charge is 2.35. The highest BCUT2D eigenvalue weighted by molar-refractivity contribution is 7.10. The van der Waals surface area contributed by atoms with Crippen molar-refractivity contribution in [3.05, 3.63) is 28.2 Å². The van der Waals surface area contributed by atoms with E-state index in [1.54, 1.807) is 4.90 Å². The second-order valence-electron chi connectivity index (χ2n) is 6.59. The zero-order valence-corrected chi connectivity index (χ0v) is 13.8. The number of thiophene rings is 1. The van der Waals surface area contributed by atoms with Gasteiger partial charge in [0.15, 0.2) is 6.04 Å². The number of aromatic nitrogens is 4. The molecule has 0 amide bonds. The molecule has 0 unspecified atom stereocenters. The van der Waals surface area contributed by atoms with E-state index in [1.165, 1.54) is 62.9 Å². The molecular weight excluding hydrogens is 294 g/mol. The Morgan fingerprint density at radius 3 is 2.68 bits per heavy atom. The zero-order valence-electron chi connectivity index (χ0n) is 12.9. The van der Waals surface area contributed by atoms with Gasteiger partial charge in [0.25, 0.3) is 0 Å². The Kier molecular flexibility index (Phi) is 4.21. The molecule has 5 nitrogen and oxygen atoms in total. The summed E-state index contributed by atoms with van der Waals surface area (Å²) in [5.41, 5.74) is 0. The van der Waals surface area contributed by atoms with E-state index in [0.717, 1.165) is 5.82 Å². The van der Waals surface area contributed by atoms with Crippen molar-refractivity contribution in [2.24, 2.45) is 0 Å². The first-order chi connectivity index (χ1) is 10.9. The minimum atomic E-state index is 0.319. The third-order valence-corrected chi connectivity index (χ3v) is 6.12. The molecule has 6 heteroatoms. The molecule has 0 aromatic carbocycles. The van der Waals surface area contributed by atoms with E-state index in [-0.39, 0.29) is 0 Å². The molecule has 1 aliphatic heterocycles. The van der Waals surface area contributed by atoms with Crippen LogP contribution in [0.25, 0.3) is 0 Å². The molecule has 1 aliphatic carbocycles. The van der Waals surface area contributed by atoms with E-state index in [1.807, 2.05) is 11.3 Å². The van der Waals surface area contributed by atoms with Crippen LogP contribution in [0.3, 0.4) is 0 Å². The molecule has 2 aromatic rings. The van der Waals surface area contributed by atoms with Crippen molar-refractivity contribution in [1.29, 1.82) is 0 Å². The van der Waals surface area contributed by atoms with Crippen LogP contribution in [0.4, 0.5) is 0 Å². The lowest BCUT2D eigenvalue weighted by Gasteiger charge is -2.27. The Bertz CT molecular complexity index is 581. The number of tetrazole rings is 1. The highest BCUT2D eigenvalue weighted by Crippen LogP contribution is 2.31. The summed E-state index contributed by atoms with van der Waals surface area (Å²) in [6, 6.07) is 5.22. The predicted octanol–water partition coefficient (Wildman–Crippen LogP) is 2.01. The maximum Gasteiger partial charge on any atom is 0.215 e. The molecule has 2 aromatic heterocycles. The SMILES string of the molecule is c1csc([C@H](c2nnnn2C2CCCCC2)[NH+]2CCCC2)c1. The van der Waals surface area contributed by atoms with Crippen LogP contribution in [0, 0.1) is 0 Å². The molecule has 3 heterocycles. The van der Waals surface area contributed by atoms with E-state index < -0.39 is 0 Å². The quantitative estimate of drug-likeness (QED) is 0.938. The summed E-state index contributed by atoms with van der Waals surface area (Å²) in [5.74, 6) is 1.09. The summed E-state index contributed by atoms with van der Waals surface area (Å²) < 4.78 is 2.16. The topological polar surface area (TPSA) is 48.0 Å². The number of hydrogen-bond acceptors (Lipinski definition) is 4. The van der Waals surface area contributed by atoms with Crippen molar-refractivity contribution in [2.75, 3.05) is 13.1 Å². The van der Waals surface area contributed by atoms with Crippen LogP contribution in [0.2, 0.25) is 0 Å². The Balaban J connectivity index is 1.69. The number of hydrogen-bond donors (Lipinski definition) is 1. The second-order valence-corrected chi connectivity index (χ2v) is 7.57.